The minimum Gasteiger partial charge on any atom is -0.358 e. The Morgan fingerprint density at radius 2 is 2.42 bits per heavy atom. The molecule has 0 aliphatic carbocycles. The smallest absolute Gasteiger partial charge is 0.181 e. The molecular formula is C9H16N2O. The van der Waals surface area contributed by atoms with Gasteiger partial charge in [-0.05, 0) is 19.3 Å². The van der Waals surface area contributed by atoms with Gasteiger partial charge in [-0.15, -0.1) is 0 Å². The zero-order valence-electron chi connectivity index (χ0n) is 7.84. The van der Waals surface area contributed by atoms with Gasteiger partial charge in [-0.3, -0.25) is 4.90 Å². The molecule has 0 bridgehead atoms. The fourth-order valence-electron chi connectivity index (χ4n) is 1.96. The van der Waals surface area contributed by atoms with Gasteiger partial charge in [0, 0.05) is 13.7 Å². The Hall–Kier alpha value is -0.750. The van der Waals surface area contributed by atoms with E-state index in [-0.39, 0.29) is 5.72 Å². The average molecular weight is 168 g/mol. The third-order valence-corrected chi connectivity index (χ3v) is 2.58. The van der Waals surface area contributed by atoms with Crippen molar-refractivity contribution in [2.45, 2.75) is 38.3 Å². The third-order valence-electron chi connectivity index (χ3n) is 2.58. The summed E-state index contributed by atoms with van der Waals surface area (Å²) < 4.78 is 5.45. The molecule has 0 N–H and O–H groups in total. The van der Waals surface area contributed by atoms with Crippen LogP contribution in [-0.4, -0.2) is 24.3 Å². The second kappa shape index (κ2) is 3.77. The normalized spacial score (nSPS) is 28.9. The lowest BCUT2D eigenvalue weighted by Crippen LogP contribution is -2.42. The molecule has 3 nitrogen and oxygen atoms in total. The maximum Gasteiger partial charge on any atom is 0.181 e. The fraction of sp³-hybridized carbons (Fsp3) is 0.889. The average Bonchev–Trinajstić information content (AvgIpc) is 2.49. The summed E-state index contributed by atoms with van der Waals surface area (Å²) in [5, 5.41) is 8.86. The zero-order valence-corrected chi connectivity index (χ0v) is 7.84. The van der Waals surface area contributed by atoms with E-state index in [1.165, 1.54) is 0 Å². The minimum atomic E-state index is -0.274. The molecule has 1 saturated heterocycles. The first-order valence-corrected chi connectivity index (χ1v) is 4.51. The van der Waals surface area contributed by atoms with Gasteiger partial charge >= 0.3 is 0 Å². The van der Waals surface area contributed by atoms with Gasteiger partial charge in [0.1, 0.15) is 5.72 Å². The van der Waals surface area contributed by atoms with Crippen molar-refractivity contribution in [2.24, 2.45) is 0 Å². The van der Waals surface area contributed by atoms with Gasteiger partial charge in [0.15, 0.2) is 6.19 Å². The van der Waals surface area contributed by atoms with Crippen LogP contribution < -0.4 is 0 Å². The molecule has 0 amide bonds. The van der Waals surface area contributed by atoms with Gasteiger partial charge in [0.05, 0.1) is 0 Å². The van der Waals surface area contributed by atoms with E-state index in [0.717, 1.165) is 32.2 Å². The molecular weight excluding hydrogens is 152 g/mol. The van der Waals surface area contributed by atoms with Crippen LogP contribution in [0.1, 0.15) is 32.6 Å². The van der Waals surface area contributed by atoms with Gasteiger partial charge < -0.3 is 4.74 Å². The molecule has 1 aliphatic rings. The highest BCUT2D eigenvalue weighted by molar-refractivity contribution is 4.94. The largest absolute Gasteiger partial charge is 0.358 e. The van der Waals surface area contributed by atoms with Gasteiger partial charge in [-0.2, -0.15) is 5.26 Å². The summed E-state index contributed by atoms with van der Waals surface area (Å²) in [5.74, 6) is 0. The Bertz CT molecular complexity index is 187. The van der Waals surface area contributed by atoms with Crippen molar-refractivity contribution in [3.63, 3.8) is 0 Å². The topological polar surface area (TPSA) is 36.3 Å². The Labute approximate surface area is 73.9 Å². The summed E-state index contributed by atoms with van der Waals surface area (Å²) in [6.07, 6.45) is 6.28. The standard InChI is InChI=1S/C9H16N2O/c1-3-5-9(12-2)6-4-7-11(9)8-10/h3-7H2,1-2H3. The molecule has 0 spiro atoms. The number of nitrogens with zero attached hydrogens (tertiary/aromatic N) is 2. The summed E-state index contributed by atoms with van der Waals surface area (Å²) in [4.78, 5) is 1.77. The lowest BCUT2D eigenvalue weighted by molar-refractivity contribution is -0.0930. The number of methoxy groups -OCH3 is 1. The van der Waals surface area contributed by atoms with Gasteiger partial charge in [0.2, 0.25) is 0 Å². The van der Waals surface area contributed by atoms with Gasteiger partial charge in [-0.25, -0.2) is 0 Å². The number of hydrogen-bond donors (Lipinski definition) is 0. The van der Waals surface area contributed by atoms with E-state index in [1.54, 1.807) is 12.0 Å². The van der Waals surface area contributed by atoms with Crippen molar-refractivity contribution in [3.8, 4) is 6.19 Å². The van der Waals surface area contributed by atoms with E-state index in [1.807, 2.05) is 0 Å². The maximum absolute atomic E-state index is 8.86. The molecule has 3 heteroatoms. The molecule has 1 heterocycles. The summed E-state index contributed by atoms with van der Waals surface area (Å²) in [7, 11) is 1.70. The number of likely N-dealkylation sites (tertiary alicyclic amines) is 1. The van der Waals surface area contributed by atoms with Crippen LogP contribution in [0.4, 0.5) is 0 Å². The number of rotatable bonds is 3. The van der Waals surface area contributed by atoms with E-state index in [0.29, 0.717) is 0 Å². The van der Waals surface area contributed by atoms with Crippen LogP contribution >= 0.6 is 0 Å². The fourth-order valence-corrected chi connectivity index (χ4v) is 1.96. The molecule has 68 valence electrons. The molecule has 1 rings (SSSR count). The highest BCUT2D eigenvalue weighted by Gasteiger charge is 2.39. The molecule has 0 aromatic heterocycles. The van der Waals surface area contributed by atoms with Crippen LogP contribution in [0, 0.1) is 11.5 Å². The van der Waals surface area contributed by atoms with Crippen LogP contribution in [0.3, 0.4) is 0 Å². The first kappa shape index (κ1) is 9.34. The van der Waals surface area contributed by atoms with Crippen molar-refractivity contribution < 1.29 is 4.74 Å². The molecule has 0 aromatic rings. The van der Waals surface area contributed by atoms with Gasteiger partial charge in [0.25, 0.3) is 0 Å². The van der Waals surface area contributed by atoms with E-state index < -0.39 is 0 Å². The zero-order chi connectivity index (χ0) is 9.03. The second-order valence-corrected chi connectivity index (χ2v) is 3.26. The number of ether oxygens (including phenoxy) is 1. The lowest BCUT2D eigenvalue weighted by atomic mass is 10.1. The van der Waals surface area contributed by atoms with Crippen LogP contribution in [0.5, 0.6) is 0 Å². The second-order valence-electron chi connectivity index (χ2n) is 3.26. The summed E-state index contributed by atoms with van der Waals surface area (Å²) in [6, 6.07) is 0. The molecule has 1 unspecified atom stereocenters. The SMILES string of the molecule is CCCC1(OC)CCCN1C#N. The van der Waals surface area contributed by atoms with Crippen molar-refractivity contribution in [1.29, 1.82) is 5.26 Å². The van der Waals surface area contributed by atoms with E-state index in [9.17, 15) is 0 Å². The first-order valence-electron chi connectivity index (χ1n) is 4.51. The van der Waals surface area contributed by atoms with Crippen LogP contribution in [-0.2, 0) is 4.74 Å². The molecule has 1 atom stereocenters. The predicted octanol–water partition coefficient (Wildman–Crippen LogP) is 1.71. The van der Waals surface area contributed by atoms with Crippen LogP contribution in [0.25, 0.3) is 0 Å². The molecule has 1 fully saturated rings. The van der Waals surface area contributed by atoms with Crippen molar-refractivity contribution >= 4 is 0 Å². The van der Waals surface area contributed by atoms with Crippen LogP contribution in [0.15, 0.2) is 0 Å². The monoisotopic (exact) mass is 168 g/mol. The molecule has 0 radical (unpaired) electrons. The molecule has 0 saturated carbocycles. The van der Waals surface area contributed by atoms with Crippen molar-refractivity contribution in [1.82, 2.24) is 4.90 Å². The highest BCUT2D eigenvalue weighted by Crippen LogP contribution is 2.33. The van der Waals surface area contributed by atoms with Crippen LogP contribution in [0.2, 0.25) is 0 Å². The predicted molar refractivity (Wildman–Crippen MR) is 46.2 cm³/mol. The van der Waals surface area contributed by atoms with E-state index in [4.69, 9.17) is 10.00 Å². The molecule has 12 heavy (non-hydrogen) atoms. The Kier molecular flexibility index (Phi) is 2.93. The minimum absolute atomic E-state index is 0.274. The Balaban J connectivity index is 2.70. The summed E-state index contributed by atoms with van der Waals surface area (Å²) in [5.41, 5.74) is -0.274. The highest BCUT2D eigenvalue weighted by atomic mass is 16.5. The maximum atomic E-state index is 8.86. The van der Waals surface area contributed by atoms with Crippen molar-refractivity contribution in [3.05, 3.63) is 0 Å². The number of hydrogen-bond acceptors (Lipinski definition) is 3. The first-order chi connectivity index (χ1) is 5.79. The quantitative estimate of drug-likeness (QED) is 0.602. The van der Waals surface area contributed by atoms with E-state index >= 15 is 0 Å². The molecule has 1 aliphatic heterocycles. The Morgan fingerprint density at radius 1 is 1.67 bits per heavy atom. The van der Waals surface area contributed by atoms with E-state index in [2.05, 4.69) is 13.1 Å². The van der Waals surface area contributed by atoms with Gasteiger partial charge in [-0.1, -0.05) is 13.3 Å². The van der Waals surface area contributed by atoms with Crippen molar-refractivity contribution in [2.75, 3.05) is 13.7 Å². The summed E-state index contributed by atoms with van der Waals surface area (Å²) >= 11 is 0. The Morgan fingerprint density at radius 3 is 2.92 bits per heavy atom. The number of nitriles is 1. The summed E-state index contributed by atoms with van der Waals surface area (Å²) in [6.45, 7) is 2.97. The third kappa shape index (κ3) is 1.39. The molecule has 0 aromatic carbocycles. The lowest BCUT2D eigenvalue weighted by Gasteiger charge is -2.33.